The Morgan fingerprint density at radius 3 is 2.60 bits per heavy atom. The zero-order valence-electron chi connectivity index (χ0n) is 9.23. The van der Waals surface area contributed by atoms with Gasteiger partial charge >= 0.3 is 0 Å². The number of nitrogens with one attached hydrogen (secondary N) is 1. The molecular formula is C12H20ClNO. The van der Waals surface area contributed by atoms with E-state index in [9.17, 15) is 4.79 Å². The summed E-state index contributed by atoms with van der Waals surface area (Å²) in [4.78, 5) is 11.4. The molecule has 0 aromatic carbocycles. The average Bonchev–Trinajstić information content (AvgIpc) is 2.25. The Hall–Kier alpha value is -0.500. The van der Waals surface area contributed by atoms with Crippen molar-refractivity contribution in [2.75, 3.05) is 6.54 Å². The van der Waals surface area contributed by atoms with Gasteiger partial charge in [-0.2, -0.15) is 0 Å². The maximum absolute atomic E-state index is 11.4. The van der Waals surface area contributed by atoms with E-state index in [1.54, 1.807) is 0 Å². The van der Waals surface area contributed by atoms with Gasteiger partial charge in [0.2, 0.25) is 5.91 Å². The van der Waals surface area contributed by atoms with Crippen LogP contribution in [-0.2, 0) is 4.79 Å². The molecule has 0 aromatic rings. The largest absolute Gasteiger partial charge is 0.351 e. The predicted molar refractivity (Wildman–Crippen MR) is 63.8 cm³/mol. The lowest BCUT2D eigenvalue weighted by atomic mass is 9.86. The normalized spacial score (nSPS) is 17.4. The number of amides is 1. The van der Waals surface area contributed by atoms with E-state index in [1.165, 1.54) is 32.1 Å². The zero-order chi connectivity index (χ0) is 11.1. The molecule has 0 radical (unpaired) electrons. The van der Waals surface area contributed by atoms with Gasteiger partial charge in [-0.3, -0.25) is 4.79 Å². The van der Waals surface area contributed by atoms with E-state index in [2.05, 4.69) is 11.9 Å². The lowest BCUT2D eigenvalue weighted by molar-refractivity contribution is -0.121. The van der Waals surface area contributed by atoms with Crippen molar-refractivity contribution in [3.63, 3.8) is 0 Å². The van der Waals surface area contributed by atoms with E-state index >= 15 is 0 Å². The highest BCUT2D eigenvalue weighted by molar-refractivity contribution is 6.29. The Balaban J connectivity index is 2.07. The number of halogens is 1. The van der Waals surface area contributed by atoms with Crippen LogP contribution in [0.2, 0.25) is 0 Å². The van der Waals surface area contributed by atoms with Crippen LogP contribution in [0.15, 0.2) is 11.6 Å². The number of rotatable bonds is 5. The van der Waals surface area contributed by atoms with Crippen molar-refractivity contribution < 1.29 is 4.79 Å². The Kier molecular flexibility index (Phi) is 5.77. The van der Waals surface area contributed by atoms with Crippen LogP contribution < -0.4 is 5.32 Å². The maximum Gasteiger partial charge on any atom is 0.220 e. The summed E-state index contributed by atoms with van der Waals surface area (Å²) < 4.78 is 0. The molecule has 86 valence electrons. The molecule has 0 unspecified atom stereocenters. The molecular weight excluding hydrogens is 210 g/mol. The molecule has 1 fully saturated rings. The van der Waals surface area contributed by atoms with Gasteiger partial charge in [0.1, 0.15) is 0 Å². The van der Waals surface area contributed by atoms with Crippen molar-refractivity contribution in [3.05, 3.63) is 11.6 Å². The summed E-state index contributed by atoms with van der Waals surface area (Å²) in [5.74, 6) is 0.867. The molecule has 3 heteroatoms. The minimum atomic E-state index is 0.0994. The van der Waals surface area contributed by atoms with Crippen molar-refractivity contribution in [2.24, 2.45) is 5.92 Å². The van der Waals surface area contributed by atoms with Crippen molar-refractivity contribution in [1.29, 1.82) is 0 Å². The highest BCUT2D eigenvalue weighted by Gasteiger charge is 2.14. The van der Waals surface area contributed by atoms with Gasteiger partial charge < -0.3 is 5.32 Å². The van der Waals surface area contributed by atoms with Crippen LogP contribution in [0.4, 0.5) is 0 Å². The molecule has 1 rings (SSSR count). The maximum atomic E-state index is 11.4. The van der Waals surface area contributed by atoms with Gasteiger partial charge in [0.15, 0.2) is 0 Å². The smallest absolute Gasteiger partial charge is 0.220 e. The van der Waals surface area contributed by atoms with E-state index in [4.69, 9.17) is 11.6 Å². The molecule has 15 heavy (non-hydrogen) atoms. The second-order valence-electron chi connectivity index (χ2n) is 4.34. The Labute approximate surface area is 97.1 Å². The summed E-state index contributed by atoms with van der Waals surface area (Å²) in [7, 11) is 0. The Bertz CT molecular complexity index is 222. The molecule has 0 bridgehead atoms. The van der Waals surface area contributed by atoms with Gasteiger partial charge in [-0.15, -0.1) is 0 Å². The van der Waals surface area contributed by atoms with Crippen LogP contribution in [0.25, 0.3) is 0 Å². The van der Waals surface area contributed by atoms with Gasteiger partial charge in [0, 0.05) is 11.5 Å². The predicted octanol–water partition coefficient (Wildman–Crippen LogP) is 3.22. The second-order valence-corrected chi connectivity index (χ2v) is 4.87. The summed E-state index contributed by atoms with van der Waals surface area (Å²) in [5.41, 5.74) is 0. The summed E-state index contributed by atoms with van der Waals surface area (Å²) in [5, 5.41) is 3.24. The van der Waals surface area contributed by atoms with Gasteiger partial charge in [0.25, 0.3) is 0 Å². The molecule has 1 N–H and O–H groups in total. The fourth-order valence-electron chi connectivity index (χ4n) is 2.09. The van der Waals surface area contributed by atoms with Crippen molar-refractivity contribution >= 4 is 17.5 Å². The molecule has 0 atom stereocenters. The monoisotopic (exact) mass is 229 g/mol. The Morgan fingerprint density at radius 1 is 1.33 bits per heavy atom. The number of hydrogen-bond acceptors (Lipinski definition) is 1. The molecule has 0 aliphatic heterocycles. The van der Waals surface area contributed by atoms with E-state index < -0.39 is 0 Å². The van der Waals surface area contributed by atoms with E-state index in [0.717, 1.165) is 12.3 Å². The standard InChI is InChI=1S/C12H20ClNO/c1-10(13)9-14-12(15)8-7-11-5-3-2-4-6-11/h11H,1-9H2,(H,14,15). The highest BCUT2D eigenvalue weighted by atomic mass is 35.5. The lowest BCUT2D eigenvalue weighted by Gasteiger charge is -2.20. The highest BCUT2D eigenvalue weighted by Crippen LogP contribution is 2.27. The fraction of sp³-hybridized carbons (Fsp3) is 0.750. The Morgan fingerprint density at radius 2 is 2.00 bits per heavy atom. The molecule has 1 aliphatic carbocycles. The first-order chi connectivity index (χ1) is 7.18. The molecule has 0 heterocycles. The summed E-state index contributed by atoms with van der Waals surface area (Å²) in [6.07, 6.45) is 8.31. The molecule has 1 amide bonds. The molecule has 2 nitrogen and oxygen atoms in total. The minimum absolute atomic E-state index is 0.0994. The number of carbonyl (C=O) groups excluding carboxylic acids is 1. The van der Waals surface area contributed by atoms with Crippen LogP contribution in [0, 0.1) is 5.92 Å². The quantitative estimate of drug-likeness (QED) is 0.771. The van der Waals surface area contributed by atoms with Gasteiger partial charge in [-0.25, -0.2) is 0 Å². The molecule has 1 aliphatic rings. The summed E-state index contributed by atoms with van der Waals surface area (Å²) in [6.45, 7) is 3.92. The number of hydrogen-bond donors (Lipinski definition) is 1. The van der Waals surface area contributed by atoms with Crippen LogP contribution in [0.5, 0.6) is 0 Å². The first-order valence-electron chi connectivity index (χ1n) is 5.78. The van der Waals surface area contributed by atoms with Crippen molar-refractivity contribution in [2.45, 2.75) is 44.9 Å². The molecule has 0 aromatic heterocycles. The van der Waals surface area contributed by atoms with E-state index in [1.807, 2.05) is 0 Å². The molecule has 0 spiro atoms. The van der Waals surface area contributed by atoms with E-state index in [-0.39, 0.29) is 5.91 Å². The number of carbonyl (C=O) groups is 1. The molecule has 0 saturated heterocycles. The van der Waals surface area contributed by atoms with Crippen LogP contribution in [-0.4, -0.2) is 12.5 Å². The summed E-state index contributed by atoms with van der Waals surface area (Å²) >= 11 is 5.56. The van der Waals surface area contributed by atoms with Crippen LogP contribution in [0.3, 0.4) is 0 Å². The third-order valence-electron chi connectivity index (χ3n) is 2.98. The molecule has 1 saturated carbocycles. The summed E-state index contributed by atoms with van der Waals surface area (Å²) in [6, 6.07) is 0. The van der Waals surface area contributed by atoms with Gasteiger partial charge in [-0.1, -0.05) is 50.3 Å². The van der Waals surface area contributed by atoms with E-state index in [0.29, 0.717) is 18.0 Å². The zero-order valence-corrected chi connectivity index (χ0v) is 9.98. The average molecular weight is 230 g/mol. The third kappa shape index (κ3) is 5.83. The minimum Gasteiger partial charge on any atom is -0.351 e. The van der Waals surface area contributed by atoms with Gasteiger partial charge in [0.05, 0.1) is 6.54 Å². The van der Waals surface area contributed by atoms with Crippen molar-refractivity contribution in [3.8, 4) is 0 Å². The lowest BCUT2D eigenvalue weighted by Crippen LogP contribution is -2.25. The first kappa shape index (κ1) is 12.6. The SMILES string of the molecule is C=C(Cl)CNC(=O)CCC1CCCCC1. The van der Waals surface area contributed by atoms with Crippen LogP contribution >= 0.6 is 11.6 Å². The second kappa shape index (κ2) is 6.89. The van der Waals surface area contributed by atoms with Gasteiger partial charge in [-0.05, 0) is 12.3 Å². The van der Waals surface area contributed by atoms with Crippen LogP contribution in [0.1, 0.15) is 44.9 Å². The fourth-order valence-corrected chi connectivity index (χ4v) is 2.16. The first-order valence-corrected chi connectivity index (χ1v) is 6.16. The topological polar surface area (TPSA) is 29.1 Å². The van der Waals surface area contributed by atoms with Crippen molar-refractivity contribution in [1.82, 2.24) is 5.32 Å². The third-order valence-corrected chi connectivity index (χ3v) is 3.12.